The average molecular weight is 331 g/mol. The van der Waals surface area contributed by atoms with Crippen molar-refractivity contribution in [3.05, 3.63) is 28.2 Å². The molecule has 1 amide bonds. The van der Waals surface area contributed by atoms with E-state index in [1.165, 1.54) is 7.11 Å². The highest BCUT2D eigenvalue weighted by Crippen LogP contribution is 2.23. The van der Waals surface area contributed by atoms with Crippen LogP contribution in [0.2, 0.25) is 0 Å². The van der Waals surface area contributed by atoms with Crippen LogP contribution in [0.1, 0.15) is 19.4 Å². The lowest BCUT2D eigenvalue weighted by Crippen LogP contribution is -2.39. The summed E-state index contributed by atoms with van der Waals surface area (Å²) in [5.74, 6) is -0.263. The van der Waals surface area contributed by atoms with Gasteiger partial charge >= 0.3 is 0 Å². The van der Waals surface area contributed by atoms with Gasteiger partial charge in [0.25, 0.3) is 5.91 Å². The van der Waals surface area contributed by atoms with E-state index >= 15 is 0 Å². The van der Waals surface area contributed by atoms with Crippen molar-refractivity contribution in [2.75, 3.05) is 12.4 Å². The molecule has 1 rings (SSSR count). The van der Waals surface area contributed by atoms with Crippen molar-refractivity contribution < 1.29 is 9.53 Å². The standard InChI is InChI=1S/C12H15BrN2O2S/c1-12(2,17-3)11(16)15-9-6-7(13)4-5-8(9)10(14)18/h4-6H,1-3H3,(H2,14,18)(H,15,16). The molecule has 1 aromatic rings. The molecular formula is C12H15BrN2O2S. The van der Waals surface area contributed by atoms with Crippen LogP contribution in [0.4, 0.5) is 5.69 Å². The van der Waals surface area contributed by atoms with Gasteiger partial charge < -0.3 is 15.8 Å². The number of amides is 1. The monoisotopic (exact) mass is 330 g/mol. The van der Waals surface area contributed by atoms with E-state index in [2.05, 4.69) is 21.2 Å². The van der Waals surface area contributed by atoms with Gasteiger partial charge in [0.2, 0.25) is 0 Å². The minimum atomic E-state index is -0.921. The van der Waals surface area contributed by atoms with E-state index in [-0.39, 0.29) is 10.9 Å². The van der Waals surface area contributed by atoms with Crippen molar-refractivity contribution >= 4 is 44.7 Å². The van der Waals surface area contributed by atoms with Crippen LogP contribution in [0.25, 0.3) is 0 Å². The van der Waals surface area contributed by atoms with Crippen molar-refractivity contribution in [2.24, 2.45) is 5.73 Å². The zero-order valence-electron chi connectivity index (χ0n) is 10.4. The molecule has 0 spiro atoms. The Balaban J connectivity index is 3.07. The molecule has 0 aliphatic rings. The molecule has 0 saturated heterocycles. The molecule has 1 aromatic carbocycles. The molecule has 0 bridgehead atoms. The molecule has 18 heavy (non-hydrogen) atoms. The van der Waals surface area contributed by atoms with Gasteiger partial charge in [0, 0.05) is 17.1 Å². The Morgan fingerprint density at radius 1 is 1.50 bits per heavy atom. The number of ether oxygens (including phenoxy) is 1. The molecule has 0 aromatic heterocycles. The molecule has 0 heterocycles. The van der Waals surface area contributed by atoms with E-state index in [9.17, 15) is 4.79 Å². The van der Waals surface area contributed by atoms with Gasteiger partial charge in [-0.25, -0.2) is 0 Å². The Hall–Kier alpha value is -0.980. The van der Waals surface area contributed by atoms with Crippen LogP contribution in [0.5, 0.6) is 0 Å². The predicted molar refractivity (Wildman–Crippen MR) is 79.7 cm³/mol. The number of carbonyl (C=O) groups is 1. The van der Waals surface area contributed by atoms with E-state index in [1.807, 2.05) is 6.07 Å². The number of thiocarbonyl (C=S) groups is 1. The molecule has 0 atom stereocenters. The third kappa shape index (κ3) is 3.51. The largest absolute Gasteiger partial charge is 0.389 e. The molecule has 0 unspecified atom stereocenters. The number of halogens is 1. The molecule has 6 heteroatoms. The number of nitrogens with one attached hydrogen (secondary N) is 1. The summed E-state index contributed by atoms with van der Waals surface area (Å²) in [5, 5.41) is 2.76. The first-order valence-corrected chi connectivity index (χ1v) is 6.44. The second-order valence-electron chi connectivity index (χ2n) is 4.22. The fourth-order valence-electron chi connectivity index (χ4n) is 1.20. The lowest BCUT2D eigenvalue weighted by molar-refractivity contribution is -0.133. The lowest BCUT2D eigenvalue weighted by atomic mass is 10.1. The molecule has 0 aliphatic carbocycles. The summed E-state index contributed by atoms with van der Waals surface area (Å²) in [6, 6.07) is 5.31. The van der Waals surface area contributed by atoms with E-state index in [4.69, 9.17) is 22.7 Å². The highest BCUT2D eigenvalue weighted by atomic mass is 79.9. The van der Waals surface area contributed by atoms with Crippen LogP contribution in [0.15, 0.2) is 22.7 Å². The van der Waals surface area contributed by atoms with Crippen molar-refractivity contribution in [3.63, 3.8) is 0 Å². The normalized spacial score (nSPS) is 11.1. The van der Waals surface area contributed by atoms with Gasteiger partial charge in [0.05, 0.1) is 5.69 Å². The first-order chi connectivity index (χ1) is 8.27. The third-order valence-electron chi connectivity index (χ3n) is 2.55. The molecule has 4 nitrogen and oxygen atoms in total. The van der Waals surface area contributed by atoms with Crippen molar-refractivity contribution in [1.82, 2.24) is 0 Å². The van der Waals surface area contributed by atoms with Crippen LogP contribution >= 0.6 is 28.1 Å². The summed E-state index contributed by atoms with van der Waals surface area (Å²) < 4.78 is 5.94. The molecule has 0 saturated carbocycles. The molecule has 0 aliphatic heterocycles. The molecule has 0 radical (unpaired) electrons. The molecule has 3 N–H and O–H groups in total. The molecule has 0 fully saturated rings. The molecular weight excluding hydrogens is 316 g/mol. The zero-order chi connectivity index (χ0) is 13.9. The van der Waals surface area contributed by atoms with Crippen molar-refractivity contribution in [1.29, 1.82) is 0 Å². The second-order valence-corrected chi connectivity index (χ2v) is 5.58. The third-order valence-corrected chi connectivity index (χ3v) is 3.27. The predicted octanol–water partition coefficient (Wildman–Crippen LogP) is 2.45. The number of methoxy groups -OCH3 is 1. The Labute approximate surface area is 120 Å². The number of carbonyl (C=O) groups excluding carboxylic acids is 1. The zero-order valence-corrected chi connectivity index (χ0v) is 12.8. The van der Waals surface area contributed by atoms with E-state index < -0.39 is 5.60 Å². The topological polar surface area (TPSA) is 64.3 Å². The van der Waals surface area contributed by atoms with Crippen LogP contribution in [-0.2, 0) is 9.53 Å². The number of benzene rings is 1. The number of nitrogens with two attached hydrogens (primary N) is 1. The summed E-state index contributed by atoms with van der Waals surface area (Å²) in [6.45, 7) is 3.36. The fraction of sp³-hybridized carbons (Fsp3) is 0.333. The summed E-state index contributed by atoms with van der Waals surface area (Å²) >= 11 is 8.28. The Bertz CT molecular complexity index is 489. The highest BCUT2D eigenvalue weighted by molar-refractivity contribution is 9.10. The van der Waals surface area contributed by atoms with Crippen molar-refractivity contribution in [2.45, 2.75) is 19.4 Å². The quantitative estimate of drug-likeness (QED) is 0.832. The Kier molecular flexibility index (Phi) is 4.84. The van der Waals surface area contributed by atoms with Gasteiger partial charge in [-0.1, -0.05) is 28.1 Å². The first kappa shape index (κ1) is 15.1. The van der Waals surface area contributed by atoms with Gasteiger partial charge in [-0.2, -0.15) is 0 Å². The second kappa shape index (κ2) is 5.77. The number of hydrogen-bond donors (Lipinski definition) is 2. The number of hydrogen-bond acceptors (Lipinski definition) is 3. The minimum Gasteiger partial charge on any atom is -0.389 e. The van der Waals surface area contributed by atoms with Crippen LogP contribution in [-0.4, -0.2) is 23.6 Å². The average Bonchev–Trinajstić information content (AvgIpc) is 2.28. The summed E-state index contributed by atoms with van der Waals surface area (Å²) in [6.07, 6.45) is 0. The summed E-state index contributed by atoms with van der Waals surface area (Å²) in [5.41, 5.74) is 5.88. The van der Waals surface area contributed by atoms with Gasteiger partial charge in [-0.15, -0.1) is 0 Å². The van der Waals surface area contributed by atoms with E-state index in [0.717, 1.165) is 4.47 Å². The van der Waals surface area contributed by atoms with Gasteiger partial charge in [-0.05, 0) is 32.0 Å². The number of rotatable bonds is 4. The van der Waals surface area contributed by atoms with Gasteiger partial charge in [0.1, 0.15) is 10.6 Å². The maximum atomic E-state index is 12.0. The van der Waals surface area contributed by atoms with E-state index in [1.54, 1.807) is 26.0 Å². The Morgan fingerprint density at radius 3 is 2.61 bits per heavy atom. The van der Waals surface area contributed by atoms with Gasteiger partial charge in [0.15, 0.2) is 0 Å². The fourth-order valence-corrected chi connectivity index (χ4v) is 1.74. The minimum absolute atomic E-state index is 0.230. The van der Waals surface area contributed by atoms with Crippen molar-refractivity contribution in [3.8, 4) is 0 Å². The van der Waals surface area contributed by atoms with Crippen LogP contribution in [0.3, 0.4) is 0 Å². The maximum absolute atomic E-state index is 12.0. The van der Waals surface area contributed by atoms with E-state index in [0.29, 0.717) is 11.3 Å². The summed E-state index contributed by atoms with van der Waals surface area (Å²) in [7, 11) is 1.48. The smallest absolute Gasteiger partial charge is 0.256 e. The number of anilines is 1. The summed E-state index contributed by atoms with van der Waals surface area (Å²) in [4.78, 5) is 12.2. The maximum Gasteiger partial charge on any atom is 0.256 e. The van der Waals surface area contributed by atoms with Crippen LogP contribution < -0.4 is 11.1 Å². The van der Waals surface area contributed by atoms with Crippen LogP contribution in [0, 0.1) is 0 Å². The lowest BCUT2D eigenvalue weighted by Gasteiger charge is -2.22. The Morgan fingerprint density at radius 2 is 2.11 bits per heavy atom. The first-order valence-electron chi connectivity index (χ1n) is 5.24. The highest BCUT2D eigenvalue weighted by Gasteiger charge is 2.27. The SMILES string of the molecule is COC(C)(C)C(=O)Nc1cc(Br)ccc1C(N)=S. The van der Waals surface area contributed by atoms with Gasteiger partial charge in [-0.3, -0.25) is 4.79 Å². The molecule has 98 valence electrons.